The van der Waals surface area contributed by atoms with Gasteiger partial charge in [-0.15, -0.1) is 0 Å². The summed E-state index contributed by atoms with van der Waals surface area (Å²) in [6, 6.07) is 13.3. The molecule has 0 saturated heterocycles. The lowest BCUT2D eigenvalue weighted by Crippen LogP contribution is -2.06. The van der Waals surface area contributed by atoms with Gasteiger partial charge in [0.1, 0.15) is 5.82 Å². The summed E-state index contributed by atoms with van der Waals surface area (Å²) in [6.07, 6.45) is 0.843. The average molecular weight is 342 g/mol. The average Bonchev–Trinajstić information content (AvgIpc) is 2.41. The summed E-state index contributed by atoms with van der Waals surface area (Å²) >= 11 is 9.40. The van der Waals surface area contributed by atoms with Crippen LogP contribution >= 0.6 is 27.5 Å². The molecule has 2 rings (SSSR count). The van der Waals surface area contributed by atoms with Crippen molar-refractivity contribution in [2.24, 2.45) is 0 Å². The Morgan fingerprint density at radius 3 is 2.58 bits per heavy atom. The Morgan fingerprint density at radius 2 is 1.95 bits per heavy atom. The van der Waals surface area contributed by atoms with Crippen molar-refractivity contribution in [2.45, 2.75) is 19.3 Å². The summed E-state index contributed by atoms with van der Waals surface area (Å²) in [5.74, 6) is -0.000529. The lowest BCUT2D eigenvalue weighted by atomic mass is 9.91. The maximum atomic E-state index is 13.2. The first-order chi connectivity index (χ1) is 9.11. The quantitative estimate of drug-likeness (QED) is 0.643. The van der Waals surface area contributed by atoms with Crippen LogP contribution in [0, 0.1) is 12.7 Å². The van der Waals surface area contributed by atoms with Crippen LogP contribution in [0.5, 0.6) is 0 Å². The molecule has 0 aromatic heterocycles. The third kappa shape index (κ3) is 3.58. The van der Waals surface area contributed by atoms with Crippen molar-refractivity contribution in [1.82, 2.24) is 0 Å². The van der Waals surface area contributed by atoms with Crippen LogP contribution in [0.15, 0.2) is 42.5 Å². The van der Waals surface area contributed by atoms with Gasteiger partial charge in [-0.25, -0.2) is 4.39 Å². The number of hydrogen-bond acceptors (Lipinski definition) is 0. The molecule has 100 valence electrons. The van der Waals surface area contributed by atoms with Crippen LogP contribution in [0.4, 0.5) is 4.39 Å². The third-order valence-electron chi connectivity index (χ3n) is 3.28. The first-order valence-electron chi connectivity index (χ1n) is 6.17. The van der Waals surface area contributed by atoms with Crippen molar-refractivity contribution < 1.29 is 4.39 Å². The van der Waals surface area contributed by atoms with E-state index < -0.39 is 0 Å². The molecule has 0 aliphatic heterocycles. The number of benzene rings is 2. The van der Waals surface area contributed by atoms with Crippen LogP contribution in [0.1, 0.15) is 22.6 Å². The molecular formula is C16H15BrClF. The van der Waals surface area contributed by atoms with Crippen LogP contribution < -0.4 is 0 Å². The molecule has 0 heterocycles. The number of halogens is 3. The minimum absolute atomic E-state index is 0.190. The standard InChI is InChI=1S/C16H15BrClF/c1-11-4-2-3-5-14(11)13(10-17)8-12-6-7-16(19)15(18)9-12/h2-7,9,13H,8,10H2,1H3. The molecule has 2 aromatic rings. The molecule has 0 fully saturated rings. The van der Waals surface area contributed by atoms with Gasteiger partial charge in [0.05, 0.1) is 5.02 Å². The topological polar surface area (TPSA) is 0 Å². The molecule has 0 bridgehead atoms. The maximum Gasteiger partial charge on any atom is 0.141 e. The van der Waals surface area contributed by atoms with Crippen LogP contribution in [-0.4, -0.2) is 5.33 Å². The van der Waals surface area contributed by atoms with Gasteiger partial charge in [0.25, 0.3) is 0 Å². The minimum Gasteiger partial charge on any atom is -0.205 e. The van der Waals surface area contributed by atoms with Gasteiger partial charge in [-0.2, -0.15) is 0 Å². The van der Waals surface area contributed by atoms with Gasteiger partial charge in [-0.3, -0.25) is 0 Å². The zero-order chi connectivity index (χ0) is 13.8. The second-order valence-corrected chi connectivity index (χ2v) is 5.72. The normalized spacial score (nSPS) is 12.4. The van der Waals surface area contributed by atoms with Crippen LogP contribution in [0.25, 0.3) is 0 Å². The van der Waals surface area contributed by atoms with Gasteiger partial charge in [-0.1, -0.05) is 57.9 Å². The molecule has 0 radical (unpaired) electrons. The predicted molar refractivity (Wildman–Crippen MR) is 82.8 cm³/mol. The number of alkyl halides is 1. The van der Waals surface area contributed by atoms with Gasteiger partial charge in [0.2, 0.25) is 0 Å². The van der Waals surface area contributed by atoms with E-state index in [1.54, 1.807) is 12.1 Å². The molecule has 2 aromatic carbocycles. The Kier molecular flexibility index (Phi) is 5.00. The molecule has 1 unspecified atom stereocenters. The van der Waals surface area contributed by atoms with Crippen LogP contribution in [0.3, 0.4) is 0 Å². The predicted octanol–water partition coefficient (Wildman–Crippen LogP) is 5.51. The van der Waals surface area contributed by atoms with Crippen molar-refractivity contribution in [1.29, 1.82) is 0 Å². The highest BCUT2D eigenvalue weighted by atomic mass is 79.9. The van der Waals surface area contributed by atoms with Gasteiger partial charge in [0.15, 0.2) is 0 Å². The van der Waals surface area contributed by atoms with Crippen molar-refractivity contribution in [3.05, 3.63) is 70.0 Å². The highest BCUT2D eigenvalue weighted by molar-refractivity contribution is 9.09. The Bertz CT molecular complexity index is 568. The molecule has 3 heteroatoms. The Balaban J connectivity index is 2.24. The summed E-state index contributed by atoms with van der Waals surface area (Å²) in [5, 5.41) is 1.06. The van der Waals surface area contributed by atoms with E-state index in [1.807, 2.05) is 6.07 Å². The second-order valence-electron chi connectivity index (χ2n) is 4.66. The van der Waals surface area contributed by atoms with Crippen molar-refractivity contribution in [3.63, 3.8) is 0 Å². The lowest BCUT2D eigenvalue weighted by molar-refractivity contribution is 0.626. The fraction of sp³-hybridized carbons (Fsp3) is 0.250. The molecule has 19 heavy (non-hydrogen) atoms. The summed E-state index contributed by atoms with van der Waals surface area (Å²) < 4.78 is 13.2. The molecule has 0 aliphatic rings. The molecule has 0 nitrogen and oxygen atoms in total. The first kappa shape index (κ1) is 14.5. The van der Waals surface area contributed by atoms with E-state index in [1.165, 1.54) is 17.2 Å². The highest BCUT2D eigenvalue weighted by Gasteiger charge is 2.14. The molecule has 0 spiro atoms. The number of rotatable bonds is 4. The largest absolute Gasteiger partial charge is 0.205 e. The van der Waals surface area contributed by atoms with E-state index in [9.17, 15) is 4.39 Å². The summed E-state index contributed by atoms with van der Waals surface area (Å²) in [6.45, 7) is 2.11. The molecule has 0 N–H and O–H groups in total. The zero-order valence-electron chi connectivity index (χ0n) is 10.7. The smallest absolute Gasteiger partial charge is 0.141 e. The summed E-state index contributed by atoms with van der Waals surface area (Å²) in [7, 11) is 0. The third-order valence-corrected chi connectivity index (χ3v) is 4.35. The van der Waals surface area contributed by atoms with Crippen molar-refractivity contribution >= 4 is 27.5 Å². The Labute approximate surface area is 126 Å². The van der Waals surface area contributed by atoms with E-state index in [4.69, 9.17) is 11.6 Å². The van der Waals surface area contributed by atoms with Crippen LogP contribution in [-0.2, 0) is 6.42 Å². The monoisotopic (exact) mass is 340 g/mol. The fourth-order valence-electron chi connectivity index (χ4n) is 2.24. The molecular weight excluding hydrogens is 327 g/mol. The SMILES string of the molecule is Cc1ccccc1C(CBr)Cc1ccc(F)c(Cl)c1. The Morgan fingerprint density at radius 1 is 1.21 bits per heavy atom. The molecule has 0 amide bonds. The van der Waals surface area contributed by atoms with Gasteiger partial charge >= 0.3 is 0 Å². The van der Waals surface area contributed by atoms with E-state index in [0.29, 0.717) is 5.92 Å². The van der Waals surface area contributed by atoms with E-state index >= 15 is 0 Å². The van der Waals surface area contributed by atoms with Crippen molar-refractivity contribution in [2.75, 3.05) is 5.33 Å². The van der Waals surface area contributed by atoms with Crippen LogP contribution in [0.2, 0.25) is 5.02 Å². The second kappa shape index (κ2) is 6.53. The molecule has 0 saturated carbocycles. The molecule has 0 aliphatic carbocycles. The first-order valence-corrected chi connectivity index (χ1v) is 7.67. The van der Waals surface area contributed by atoms with Gasteiger partial charge < -0.3 is 0 Å². The fourth-order valence-corrected chi connectivity index (χ4v) is 3.02. The van der Waals surface area contributed by atoms with E-state index in [2.05, 4.69) is 41.1 Å². The van der Waals surface area contributed by atoms with Gasteiger partial charge in [-0.05, 0) is 48.1 Å². The minimum atomic E-state index is -0.364. The summed E-state index contributed by atoms with van der Waals surface area (Å²) in [5.41, 5.74) is 3.65. The van der Waals surface area contributed by atoms with Gasteiger partial charge in [0, 0.05) is 5.33 Å². The van der Waals surface area contributed by atoms with Crippen molar-refractivity contribution in [3.8, 4) is 0 Å². The highest BCUT2D eigenvalue weighted by Crippen LogP contribution is 2.27. The number of aryl methyl sites for hydroxylation is 1. The lowest BCUT2D eigenvalue weighted by Gasteiger charge is -2.17. The molecule has 1 atom stereocenters. The Hall–Kier alpha value is -0.860. The number of hydrogen-bond donors (Lipinski definition) is 0. The van der Waals surface area contributed by atoms with E-state index in [0.717, 1.165) is 17.3 Å². The summed E-state index contributed by atoms with van der Waals surface area (Å²) in [4.78, 5) is 0. The van der Waals surface area contributed by atoms with E-state index in [-0.39, 0.29) is 10.8 Å². The maximum absolute atomic E-state index is 13.2. The zero-order valence-corrected chi connectivity index (χ0v) is 13.0.